The zero-order chi connectivity index (χ0) is 4.83. The Morgan fingerprint density at radius 1 is 1.67 bits per heavy atom. The van der Waals surface area contributed by atoms with Crippen LogP contribution in [0.15, 0.2) is 0 Å². The maximum absolute atomic E-state index is 4.94. The molecule has 0 saturated heterocycles. The highest BCUT2D eigenvalue weighted by molar-refractivity contribution is 4.40. The Morgan fingerprint density at radius 3 is 2.50 bits per heavy atom. The van der Waals surface area contributed by atoms with Gasteiger partial charge in [-0.25, -0.2) is 0 Å². The molecule has 0 aliphatic rings. The number of unbranched alkanes of at least 4 members (excludes halogenated alkanes) is 1. The lowest BCUT2D eigenvalue weighted by molar-refractivity contribution is 0.686. The van der Waals surface area contributed by atoms with Gasteiger partial charge >= 0.3 is 0 Å². The molecule has 37 valence electrons. The minimum atomic E-state index is 0.878. The zero-order valence-electron chi connectivity index (χ0n) is 3.91. The number of rotatable bonds is 3. The molecule has 6 heavy (non-hydrogen) atoms. The van der Waals surface area contributed by atoms with Crippen LogP contribution in [0.2, 0.25) is 0 Å². The summed E-state index contributed by atoms with van der Waals surface area (Å²) in [6.45, 7) is 4.51. The summed E-state index contributed by atoms with van der Waals surface area (Å²) in [6, 6.07) is 0. The number of nitrogens with two attached hydrogens (primary N) is 1. The van der Waals surface area contributed by atoms with Crippen LogP contribution in [-0.2, 0) is 0 Å². The van der Waals surface area contributed by atoms with Gasteiger partial charge in [-0.1, -0.05) is 13.3 Å². The van der Waals surface area contributed by atoms with E-state index in [0.29, 0.717) is 0 Å². The molecule has 2 heteroatoms. The van der Waals surface area contributed by atoms with Crippen LogP contribution < -0.4 is 11.3 Å². The van der Waals surface area contributed by atoms with Gasteiger partial charge in [0, 0.05) is 6.54 Å². The third kappa shape index (κ3) is 3.92. The Kier molecular flexibility index (Phi) is 4.85. The largest absolute Gasteiger partial charge is 0.271 e. The summed E-state index contributed by atoms with van der Waals surface area (Å²) >= 11 is 0. The van der Waals surface area contributed by atoms with E-state index in [2.05, 4.69) is 12.3 Å². The Hall–Kier alpha value is -0.0800. The molecule has 0 unspecified atom stereocenters. The van der Waals surface area contributed by atoms with Crippen molar-refractivity contribution in [3.05, 3.63) is 6.92 Å². The second-order valence-electron chi connectivity index (χ2n) is 1.16. The Balaban J connectivity index is 2.34. The van der Waals surface area contributed by atoms with Gasteiger partial charge in [0.1, 0.15) is 0 Å². The molecule has 0 fully saturated rings. The SMILES string of the molecule is [CH2]CCCNN. The molecule has 0 saturated carbocycles. The van der Waals surface area contributed by atoms with Crippen LogP contribution in [0.4, 0.5) is 0 Å². The average molecular weight is 87.1 g/mol. The minimum absolute atomic E-state index is 0.878. The van der Waals surface area contributed by atoms with Gasteiger partial charge in [-0.2, -0.15) is 0 Å². The van der Waals surface area contributed by atoms with Crippen molar-refractivity contribution < 1.29 is 0 Å². The van der Waals surface area contributed by atoms with E-state index in [1.807, 2.05) is 0 Å². The zero-order valence-corrected chi connectivity index (χ0v) is 3.91. The first-order valence-electron chi connectivity index (χ1n) is 2.14. The van der Waals surface area contributed by atoms with E-state index >= 15 is 0 Å². The molecule has 2 nitrogen and oxygen atoms in total. The van der Waals surface area contributed by atoms with Crippen molar-refractivity contribution in [1.29, 1.82) is 0 Å². The Morgan fingerprint density at radius 2 is 2.33 bits per heavy atom. The minimum Gasteiger partial charge on any atom is -0.271 e. The summed E-state index contributed by atoms with van der Waals surface area (Å²) in [5.74, 6) is 4.94. The second kappa shape index (κ2) is 4.92. The molecular formula is C4H11N2. The van der Waals surface area contributed by atoms with Gasteiger partial charge < -0.3 is 0 Å². The molecule has 0 spiro atoms. The summed E-state index contributed by atoms with van der Waals surface area (Å²) in [5, 5.41) is 0. The number of nitrogens with one attached hydrogen (secondary N) is 1. The highest BCUT2D eigenvalue weighted by atomic mass is 15.2. The highest BCUT2D eigenvalue weighted by Gasteiger charge is 1.73. The van der Waals surface area contributed by atoms with Crippen molar-refractivity contribution >= 4 is 0 Å². The lowest BCUT2D eigenvalue weighted by Gasteiger charge is -1.89. The molecule has 0 heterocycles. The van der Waals surface area contributed by atoms with Crippen LogP contribution in [0.3, 0.4) is 0 Å². The van der Waals surface area contributed by atoms with Crippen molar-refractivity contribution in [1.82, 2.24) is 5.43 Å². The molecule has 0 amide bonds. The fraction of sp³-hybridized carbons (Fsp3) is 0.750. The number of hydrogen-bond donors (Lipinski definition) is 2. The first kappa shape index (κ1) is 5.92. The number of hydrogen-bond acceptors (Lipinski definition) is 2. The van der Waals surface area contributed by atoms with Crippen molar-refractivity contribution in [3.8, 4) is 0 Å². The second-order valence-corrected chi connectivity index (χ2v) is 1.16. The van der Waals surface area contributed by atoms with Crippen molar-refractivity contribution in [2.24, 2.45) is 5.84 Å². The molecule has 0 atom stereocenters. The maximum Gasteiger partial charge on any atom is 0.00974 e. The fourth-order valence-electron chi connectivity index (χ4n) is 0.227. The van der Waals surface area contributed by atoms with E-state index in [1.165, 1.54) is 0 Å². The molecular weight excluding hydrogens is 76.1 g/mol. The summed E-state index contributed by atoms with van der Waals surface area (Å²) < 4.78 is 0. The van der Waals surface area contributed by atoms with E-state index in [9.17, 15) is 0 Å². The lowest BCUT2D eigenvalue weighted by atomic mass is 10.3. The Labute approximate surface area is 38.7 Å². The number of hydrazine groups is 1. The molecule has 1 radical (unpaired) electrons. The third-order valence-electron chi connectivity index (χ3n) is 0.571. The molecule has 0 aromatic heterocycles. The van der Waals surface area contributed by atoms with E-state index in [-0.39, 0.29) is 0 Å². The topological polar surface area (TPSA) is 38.0 Å². The van der Waals surface area contributed by atoms with Gasteiger partial charge in [-0.3, -0.25) is 11.3 Å². The first-order valence-corrected chi connectivity index (χ1v) is 2.14. The van der Waals surface area contributed by atoms with Gasteiger partial charge in [0.05, 0.1) is 0 Å². The normalized spacial score (nSPS) is 9.00. The molecule has 0 aliphatic heterocycles. The predicted molar refractivity (Wildman–Crippen MR) is 26.8 cm³/mol. The van der Waals surface area contributed by atoms with E-state index in [4.69, 9.17) is 5.84 Å². The Bertz CT molecular complexity index is 17.5. The van der Waals surface area contributed by atoms with E-state index in [0.717, 1.165) is 19.4 Å². The molecule has 0 rings (SSSR count). The van der Waals surface area contributed by atoms with Gasteiger partial charge in [0.2, 0.25) is 0 Å². The fourth-order valence-corrected chi connectivity index (χ4v) is 0.227. The highest BCUT2D eigenvalue weighted by Crippen LogP contribution is 1.77. The van der Waals surface area contributed by atoms with E-state index < -0.39 is 0 Å². The lowest BCUT2D eigenvalue weighted by Crippen LogP contribution is -2.22. The van der Waals surface area contributed by atoms with Gasteiger partial charge in [0.25, 0.3) is 0 Å². The smallest absolute Gasteiger partial charge is 0.00974 e. The van der Waals surface area contributed by atoms with Gasteiger partial charge in [0.15, 0.2) is 0 Å². The summed E-state index contributed by atoms with van der Waals surface area (Å²) in [5.41, 5.74) is 2.53. The average Bonchev–Trinajstić information content (AvgIpc) is 1.61. The monoisotopic (exact) mass is 87.1 g/mol. The molecule has 0 aromatic carbocycles. The molecule has 0 bridgehead atoms. The summed E-state index contributed by atoms with van der Waals surface area (Å²) in [7, 11) is 0. The van der Waals surface area contributed by atoms with Crippen LogP contribution in [0.5, 0.6) is 0 Å². The first-order chi connectivity index (χ1) is 2.91. The van der Waals surface area contributed by atoms with Crippen LogP contribution in [0.25, 0.3) is 0 Å². The maximum atomic E-state index is 4.94. The molecule has 0 aliphatic carbocycles. The third-order valence-corrected chi connectivity index (χ3v) is 0.571. The van der Waals surface area contributed by atoms with Crippen LogP contribution >= 0.6 is 0 Å². The quantitative estimate of drug-likeness (QED) is 0.290. The molecule has 0 aromatic rings. The van der Waals surface area contributed by atoms with Crippen molar-refractivity contribution in [3.63, 3.8) is 0 Å². The summed E-state index contributed by atoms with van der Waals surface area (Å²) in [6.07, 6.45) is 2.03. The summed E-state index contributed by atoms with van der Waals surface area (Å²) in [4.78, 5) is 0. The standard InChI is InChI=1S/C4H11N2/c1-2-3-4-6-5/h6H,1-5H2. The van der Waals surface area contributed by atoms with Crippen LogP contribution in [0, 0.1) is 6.92 Å². The van der Waals surface area contributed by atoms with Crippen LogP contribution in [-0.4, -0.2) is 6.54 Å². The predicted octanol–water partition coefficient (Wildman–Crippen LogP) is 0.0640. The molecule has 3 N–H and O–H groups in total. The van der Waals surface area contributed by atoms with Crippen molar-refractivity contribution in [2.45, 2.75) is 12.8 Å². The van der Waals surface area contributed by atoms with E-state index in [1.54, 1.807) is 0 Å². The van der Waals surface area contributed by atoms with Gasteiger partial charge in [-0.15, -0.1) is 0 Å². The van der Waals surface area contributed by atoms with Gasteiger partial charge in [-0.05, 0) is 6.42 Å². The van der Waals surface area contributed by atoms with Crippen LogP contribution in [0.1, 0.15) is 12.8 Å². The van der Waals surface area contributed by atoms with Crippen molar-refractivity contribution in [2.75, 3.05) is 6.54 Å².